The summed E-state index contributed by atoms with van der Waals surface area (Å²) >= 11 is 0. The maximum Gasteiger partial charge on any atom is 0.123 e. The monoisotopic (exact) mass is 334 g/mol. The van der Waals surface area contributed by atoms with Crippen LogP contribution in [0.25, 0.3) is 5.70 Å². The Bertz CT molecular complexity index is 868. The van der Waals surface area contributed by atoms with E-state index in [2.05, 4.69) is 48.5 Å². The number of benzene rings is 2. The molecule has 2 aromatic rings. The molecule has 3 heteroatoms. The van der Waals surface area contributed by atoms with Gasteiger partial charge in [0.05, 0.1) is 0 Å². The van der Waals surface area contributed by atoms with Crippen LogP contribution in [0.5, 0.6) is 0 Å². The minimum absolute atomic E-state index is 0.171. The zero-order valence-electron chi connectivity index (χ0n) is 14.6. The third kappa shape index (κ3) is 2.84. The Morgan fingerprint density at radius 1 is 1.12 bits per heavy atom. The Labute approximate surface area is 148 Å². The first-order chi connectivity index (χ1) is 12.0. The van der Waals surface area contributed by atoms with E-state index >= 15 is 0 Å². The van der Waals surface area contributed by atoms with Crippen molar-refractivity contribution in [1.29, 1.82) is 0 Å². The number of hydrogen-bond donors (Lipinski definition) is 1. The van der Waals surface area contributed by atoms with Crippen molar-refractivity contribution in [2.75, 3.05) is 10.2 Å². The highest BCUT2D eigenvalue weighted by Gasteiger charge is 2.26. The highest BCUT2D eigenvalue weighted by atomic mass is 19.1. The quantitative estimate of drug-likeness (QED) is 0.779. The topological polar surface area (TPSA) is 15.3 Å². The van der Waals surface area contributed by atoms with E-state index in [1.165, 1.54) is 11.6 Å². The number of nitrogens with zero attached hydrogens (tertiary/aromatic N) is 1. The normalized spacial score (nSPS) is 19.0. The lowest BCUT2D eigenvalue weighted by atomic mass is 9.93. The van der Waals surface area contributed by atoms with E-state index in [4.69, 9.17) is 0 Å². The predicted octanol–water partition coefficient (Wildman–Crippen LogP) is 5.51. The van der Waals surface area contributed by atoms with Crippen LogP contribution in [0.15, 0.2) is 55.3 Å². The standard InChI is InChI=1S/C22H23FN2/c1-14-4-6-17-8-9-18(13-21(17)24-14)16(3)25-15(2)5-7-19-12-20(23)10-11-22(19)25/h8-13,15,24H,1,3-7H2,2H3/t15-/m0/s1. The number of fused-ring (bicyclic) bond motifs is 2. The minimum Gasteiger partial charge on any atom is -0.359 e. The molecule has 1 N–H and O–H groups in total. The molecule has 25 heavy (non-hydrogen) atoms. The molecule has 4 rings (SSSR count). The smallest absolute Gasteiger partial charge is 0.123 e. The Balaban J connectivity index is 1.72. The Hall–Kier alpha value is -2.55. The molecule has 0 amide bonds. The summed E-state index contributed by atoms with van der Waals surface area (Å²) in [6.45, 7) is 10.6. The highest BCUT2D eigenvalue weighted by Crippen LogP contribution is 2.38. The van der Waals surface area contributed by atoms with Gasteiger partial charge in [-0.25, -0.2) is 4.39 Å². The van der Waals surface area contributed by atoms with Crippen LogP contribution in [-0.2, 0) is 12.8 Å². The fraction of sp³-hybridized carbons (Fsp3) is 0.273. The van der Waals surface area contributed by atoms with Crippen LogP contribution >= 0.6 is 0 Å². The average Bonchev–Trinajstić information content (AvgIpc) is 2.60. The van der Waals surface area contributed by atoms with Gasteiger partial charge in [0, 0.05) is 28.8 Å². The molecular formula is C22H23FN2. The van der Waals surface area contributed by atoms with Crippen LogP contribution in [0.2, 0.25) is 0 Å². The lowest BCUT2D eigenvalue weighted by Crippen LogP contribution is -2.35. The van der Waals surface area contributed by atoms with Gasteiger partial charge in [-0.3, -0.25) is 0 Å². The fourth-order valence-corrected chi connectivity index (χ4v) is 3.90. The van der Waals surface area contributed by atoms with Crippen LogP contribution < -0.4 is 10.2 Å². The van der Waals surface area contributed by atoms with Gasteiger partial charge >= 0.3 is 0 Å². The van der Waals surface area contributed by atoms with Gasteiger partial charge < -0.3 is 10.2 Å². The molecule has 0 bridgehead atoms. The number of hydrogen-bond acceptors (Lipinski definition) is 2. The Morgan fingerprint density at radius 3 is 2.80 bits per heavy atom. The third-order valence-electron chi connectivity index (χ3n) is 5.31. The number of halogens is 1. The van der Waals surface area contributed by atoms with Crippen molar-refractivity contribution in [3.8, 4) is 0 Å². The molecule has 0 unspecified atom stereocenters. The highest BCUT2D eigenvalue weighted by molar-refractivity contribution is 5.82. The molecule has 2 nitrogen and oxygen atoms in total. The molecule has 0 radical (unpaired) electrons. The molecular weight excluding hydrogens is 311 g/mol. The van der Waals surface area contributed by atoms with Crippen LogP contribution in [0.4, 0.5) is 15.8 Å². The second-order valence-corrected chi connectivity index (χ2v) is 7.08. The lowest BCUT2D eigenvalue weighted by molar-refractivity contribution is 0.600. The molecule has 128 valence electrons. The molecule has 0 saturated carbocycles. The first-order valence-electron chi connectivity index (χ1n) is 8.87. The minimum atomic E-state index is -0.171. The molecule has 2 aliphatic heterocycles. The van der Waals surface area contributed by atoms with Crippen molar-refractivity contribution in [3.63, 3.8) is 0 Å². The molecule has 0 aromatic heterocycles. The maximum absolute atomic E-state index is 13.6. The van der Waals surface area contributed by atoms with E-state index in [9.17, 15) is 4.39 Å². The van der Waals surface area contributed by atoms with E-state index in [1.54, 1.807) is 6.07 Å². The molecule has 0 aliphatic carbocycles. The van der Waals surface area contributed by atoms with Gasteiger partial charge in [-0.05, 0) is 73.6 Å². The van der Waals surface area contributed by atoms with Gasteiger partial charge in [-0.1, -0.05) is 25.3 Å². The number of aryl methyl sites for hydroxylation is 2. The van der Waals surface area contributed by atoms with Crippen molar-refractivity contribution in [3.05, 3.63) is 77.8 Å². The zero-order chi connectivity index (χ0) is 17.6. The average molecular weight is 334 g/mol. The van der Waals surface area contributed by atoms with Gasteiger partial charge in [0.25, 0.3) is 0 Å². The molecule has 1 atom stereocenters. The van der Waals surface area contributed by atoms with Gasteiger partial charge in [0.15, 0.2) is 0 Å². The van der Waals surface area contributed by atoms with E-state index < -0.39 is 0 Å². The van der Waals surface area contributed by atoms with Crippen molar-refractivity contribution >= 4 is 17.1 Å². The van der Waals surface area contributed by atoms with Gasteiger partial charge in [-0.15, -0.1) is 0 Å². The number of anilines is 2. The summed E-state index contributed by atoms with van der Waals surface area (Å²) in [7, 11) is 0. The molecule has 0 saturated heterocycles. The summed E-state index contributed by atoms with van der Waals surface area (Å²) < 4.78 is 13.6. The van der Waals surface area contributed by atoms with Crippen LogP contribution in [0.3, 0.4) is 0 Å². The van der Waals surface area contributed by atoms with Crippen molar-refractivity contribution in [2.24, 2.45) is 0 Å². The number of allylic oxidation sites excluding steroid dienone is 1. The van der Waals surface area contributed by atoms with Crippen molar-refractivity contribution < 1.29 is 4.39 Å². The molecule has 0 fully saturated rings. The van der Waals surface area contributed by atoms with Crippen LogP contribution in [0, 0.1) is 5.82 Å². The fourth-order valence-electron chi connectivity index (χ4n) is 3.90. The van der Waals surface area contributed by atoms with E-state index in [0.717, 1.165) is 59.6 Å². The largest absolute Gasteiger partial charge is 0.359 e. The molecule has 2 heterocycles. The lowest BCUT2D eigenvalue weighted by Gasteiger charge is -2.38. The SMILES string of the molecule is C=C1CCc2ccc(C(=C)N3c4ccc(F)cc4CC[C@@H]3C)cc2N1. The Morgan fingerprint density at radius 2 is 1.96 bits per heavy atom. The summed E-state index contributed by atoms with van der Waals surface area (Å²) in [6.07, 6.45) is 3.91. The maximum atomic E-state index is 13.6. The summed E-state index contributed by atoms with van der Waals surface area (Å²) in [5, 5.41) is 3.39. The number of nitrogens with one attached hydrogen (secondary N) is 1. The second-order valence-electron chi connectivity index (χ2n) is 7.08. The summed E-state index contributed by atoms with van der Waals surface area (Å²) in [5.74, 6) is -0.171. The predicted molar refractivity (Wildman–Crippen MR) is 103 cm³/mol. The van der Waals surface area contributed by atoms with Crippen molar-refractivity contribution in [2.45, 2.75) is 38.6 Å². The van der Waals surface area contributed by atoms with E-state index in [-0.39, 0.29) is 5.82 Å². The molecule has 0 spiro atoms. The summed E-state index contributed by atoms with van der Waals surface area (Å²) in [4.78, 5) is 2.25. The van der Waals surface area contributed by atoms with Gasteiger partial charge in [0.1, 0.15) is 5.82 Å². The van der Waals surface area contributed by atoms with Crippen LogP contribution in [-0.4, -0.2) is 6.04 Å². The Kier molecular flexibility index (Phi) is 3.87. The van der Waals surface area contributed by atoms with E-state index in [1.807, 2.05) is 6.07 Å². The summed E-state index contributed by atoms with van der Waals surface area (Å²) in [5.41, 5.74) is 7.68. The second kappa shape index (κ2) is 6.07. The first kappa shape index (κ1) is 15.9. The van der Waals surface area contributed by atoms with E-state index in [0.29, 0.717) is 6.04 Å². The number of rotatable bonds is 2. The van der Waals surface area contributed by atoms with Gasteiger partial charge in [-0.2, -0.15) is 0 Å². The summed E-state index contributed by atoms with van der Waals surface area (Å²) in [6, 6.07) is 11.9. The van der Waals surface area contributed by atoms with Crippen molar-refractivity contribution in [1.82, 2.24) is 0 Å². The zero-order valence-corrected chi connectivity index (χ0v) is 14.6. The van der Waals surface area contributed by atoms with Gasteiger partial charge in [0.2, 0.25) is 0 Å². The third-order valence-corrected chi connectivity index (χ3v) is 5.31. The van der Waals surface area contributed by atoms with Crippen LogP contribution in [0.1, 0.15) is 36.5 Å². The molecule has 2 aliphatic rings. The molecule has 2 aromatic carbocycles. The first-order valence-corrected chi connectivity index (χ1v) is 8.87.